The van der Waals surface area contributed by atoms with E-state index in [1.54, 1.807) is 12.4 Å². The van der Waals surface area contributed by atoms with Crippen LogP contribution in [0.3, 0.4) is 0 Å². The normalized spacial score (nSPS) is 10.3. The summed E-state index contributed by atoms with van der Waals surface area (Å²) in [6.45, 7) is 2.82. The van der Waals surface area contributed by atoms with Gasteiger partial charge in [0.25, 0.3) is 5.56 Å². The van der Waals surface area contributed by atoms with Gasteiger partial charge in [0.15, 0.2) is 5.16 Å². The largest absolute Gasteiger partial charge is 0.369 e. The number of rotatable bonds is 5. The van der Waals surface area contributed by atoms with Crippen molar-refractivity contribution in [3.8, 4) is 0 Å². The number of anilines is 1. The molecule has 0 saturated carbocycles. The number of nitrogens with zero attached hydrogens (tertiary/aromatic N) is 3. The summed E-state index contributed by atoms with van der Waals surface area (Å²) in [5.74, 6) is 1.38. The third kappa shape index (κ3) is 3.56. The maximum absolute atomic E-state index is 11.1. The number of thioether (sulfide) groups is 1. The molecule has 6 nitrogen and oxygen atoms in total. The standard InChI is InChI=1S/C11H13N5OS/c1-2-12-9-6-14-8(5-15-9)7-18-11-13-4-3-10(17)16-11/h3-6H,2,7H2,1H3,(H,12,15)(H,13,16,17). The van der Waals surface area contributed by atoms with Crippen molar-refractivity contribution in [2.75, 3.05) is 11.9 Å². The Hall–Kier alpha value is -1.89. The predicted molar refractivity (Wildman–Crippen MR) is 70.6 cm³/mol. The summed E-state index contributed by atoms with van der Waals surface area (Å²) >= 11 is 1.42. The van der Waals surface area contributed by atoms with E-state index in [-0.39, 0.29) is 5.56 Å². The van der Waals surface area contributed by atoms with Crippen LogP contribution in [-0.2, 0) is 5.75 Å². The molecule has 0 spiro atoms. The first-order chi connectivity index (χ1) is 8.78. The van der Waals surface area contributed by atoms with Crippen LogP contribution in [-0.4, -0.2) is 26.5 Å². The summed E-state index contributed by atoms with van der Waals surface area (Å²) in [7, 11) is 0. The molecule has 0 bridgehead atoms. The molecule has 0 fully saturated rings. The smallest absolute Gasteiger partial charge is 0.251 e. The number of aromatic nitrogens is 4. The number of hydrogen-bond donors (Lipinski definition) is 2. The van der Waals surface area contributed by atoms with Gasteiger partial charge in [-0.1, -0.05) is 11.8 Å². The molecule has 2 aromatic rings. The lowest BCUT2D eigenvalue weighted by atomic mass is 10.5. The van der Waals surface area contributed by atoms with Gasteiger partial charge in [-0.25, -0.2) is 9.97 Å². The Kier molecular flexibility index (Phi) is 4.30. The summed E-state index contributed by atoms with van der Waals surface area (Å²) in [6.07, 6.45) is 4.90. The van der Waals surface area contributed by atoms with Crippen molar-refractivity contribution >= 4 is 17.6 Å². The lowest BCUT2D eigenvalue weighted by molar-refractivity contribution is 0.934. The van der Waals surface area contributed by atoms with Crippen molar-refractivity contribution in [2.24, 2.45) is 0 Å². The Morgan fingerprint density at radius 1 is 1.33 bits per heavy atom. The van der Waals surface area contributed by atoms with Crippen molar-refractivity contribution in [2.45, 2.75) is 17.8 Å². The first-order valence-corrected chi connectivity index (χ1v) is 6.49. The maximum Gasteiger partial charge on any atom is 0.251 e. The highest BCUT2D eigenvalue weighted by atomic mass is 32.2. The fourth-order valence-corrected chi connectivity index (χ4v) is 2.01. The molecule has 0 atom stereocenters. The van der Waals surface area contributed by atoms with Crippen LogP contribution in [0.15, 0.2) is 34.6 Å². The molecule has 2 heterocycles. The first kappa shape index (κ1) is 12.6. The molecule has 0 unspecified atom stereocenters. The van der Waals surface area contributed by atoms with Crippen LogP contribution < -0.4 is 10.9 Å². The van der Waals surface area contributed by atoms with E-state index in [1.165, 1.54) is 24.0 Å². The molecule has 2 rings (SSSR count). The molecule has 18 heavy (non-hydrogen) atoms. The van der Waals surface area contributed by atoms with Crippen LogP contribution in [0, 0.1) is 0 Å². The highest BCUT2D eigenvalue weighted by molar-refractivity contribution is 7.98. The quantitative estimate of drug-likeness (QED) is 0.624. The molecule has 0 radical (unpaired) electrons. The Balaban J connectivity index is 1.95. The van der Waals surface area contributed by atoms with Crippen LogP contribution in [0.5, 0.6) is 0 Å². The second-order valence-electron chi connectivity index (χ2n) is 3.45. The molecule has 0 saturated heterocycles. The molecule has 7 heteroatoms. The summed E-state index contributed by atoms with van der Waals surface area (Å²) in [4.78, 5) is 26.3. The van der Waals surface area contributed by atoms with E-state index >= 15 is 0 Å². The minimum absolute atomic E-state index is 0.152. The van der Waals surface area contributed by atoms with E-state index in [0.29, 0.717) is 10.9 Å². The number of aromatic amines is 1. The van der Waals surface area contributed by atoms with Gasteiger partial charge in [0, 0.05) is 24.6 Å². The van der Waals surface area contributed by atoms with Crippen molar-refractivity contribution in [1.29, 1.82) is 0 Å². The number of H-pyrrole nitrogens is 1. The van der Waals surface area contributed by atoms with Gasteiger partial charge in [-0.15, -0.1) is 0 Å². The average Bonchev–Trinajstić information content (AvgIpc) is 2.38. The van der Waals surface area contributed by atoms with Crippen molar-refractivity contribution < 1.29 is 0 Å². The van der Waals surface area contributed by atoms with E-state index in [4.69, 9.17) is 0 Å². The zero-order chi connectivity index (χ0) is 12.8. The molecule has 0 aliphatic carbocycles. The van der Waals surface area contributed by atoms with Gasteiger partial charge in [-0.3, -0.25) is 9.78 Å². The van der Waals surface area contributed by atoms with Crippen LogP contribution in [0.2, 0.25) is 0 Å². The molecule has 0 amide bonds. The molecule has 2 N–H and O–H groups in total. The van der Waals surface area contributed by atoms with Gasteiger partial charge in [0.2, 0.25) is 0 Å². The lowest BCUT2D eigenvalue weighted by Crippen LogP contribution is -2.05. The SMILES string of the molecule is CCNc1cnc(CSc2nccc(=O)[nH]2)cn1. The van der Waals surface area contributed by atoms with E-state index in [9.17, 15) is 4.79 Å². The van der Waals surface area contributed by atoms with Crippen molar-refractivity contribution in [1.82, 2.24) is 19.9 Å². The summed E-state index contributed by atoms with van der Waals surface area (Å²) in [5.41, 5.74) is 0.689. The summed E-state index contributed by atoms with van der Waals surface area (Å²) in [6, 6.07) is 1.38. The fourth-order valence-electron chi connectivity index (χ4n) is 1.27. The molecular formula is C11H13N5OS. The number of nitrogens with one attached hydrogen (secondary N) is 2. The van der Waals surface area contributed by atoms with E-state index in [2.05, 4.69) is 25.3 Å². The van der Waals surface area contributed by atoms with Gasteiger partial charge < -0.3 is 10.3 Å². The second kappa shape index (κ2) is 6.15. The van der Waals surface area contributed by atoms with E-state index in [0.717, 1.165) is 18.1 Å². The Morgan fingerprint density at radius 3 is 2.89 bits per heavy atom. The third-order valence-corrected chi connectivity index (χ3v) is 2.99. The van der Waals surface area contributed by atoms with E-state index < -0.39 is 0 Å². The van der Waals surface area contributed by atoms with Crippen LogP contribution >= 0.6 is 11.8 Å². The lowest BCUT2D eigenvalue weighted by Gasteiger charge is -2.03. The molecule has 94 valence electrons. The maximum atomic E-state index is 11.1. The first-order valence-electron chi connectivity index (χ1n) is 5.51. The minimum atomic E-state index is -0.152. The van der Waals surface area contributed by atoms with Gasteiger partial charge in [-0.2, -0.15) is 0 Å². The van der Waals surface area contributed by atoms with E-state index in [1.807, 2.05) is 6.92 Å². The Labute approximate surface area is 108 Å². The summed E-state index contributed by atoms with van der Waals surface area (Å²) < 4.78 is 0. The van der Waals surface area contributed by atoms with Crippen molar-refractivity contribution in [3.05, 3.63) is 40.7 Å². The van der Waals surface area contributed by atoms with Crippen LogP contribution in [0.4, 0.5) is 5.82 Å². The molecule has 2 aromatic heterocycles. The van der Waals surface area contributed by atoms with Gasteiger partial charge >= 0.3 is 0 Å². The predicted octanol–water partition coefficient (Wildman–Crippen LogP) is 1.28. The van der Waals surface area contributed by atoms with Gasteiger partial charge in [0.05, 0.1) is 18.1 Å². The molecular weight excluding hydrogens is 250 g/mol. The van der Waals surface area contributed by atoms with Gasteiger partial charge in [-0.05, 0) is 6.92 Å². The molecule has 0 aliphatic rings. The van der Waals surface area contributed by atoms with Crippen LogP contribution in [0.1, 0.15) is 12.6 Å². The zero-order valence-corrected chi connectivity index (χ0v) is 10.7. The molecule has 0 aromatic carbocycles. The Bertz CT molecular complexity index is 554. The highest BCUT2D eigenvalue weighted by Crippen LogP contribution is 2.16. The average molecular weight is 263 g/mol. The zero-order valence-electron chi connectivity index (χ0n) is 9.88. The second-order valence-corrected chi connectivity index (χ2v) is 4.42. The minimum Gasteiger partial charge on any atom is -0.369 e. The highest BCUT2D eigenvalue weighted by Gasteiger charge is 2.00. The molecule has 0 aliphatic heterocycles. The Morgan fingerprint density at radius 2 is 2.22 bits per heavy atom. The monoisotopic (exact) mass is 263 g/mol. The summed E-state index contributed by atoms with van der Waals surface area (Å²) in [5, 5.41) is 3.66. The fraction of sp³-hybridized carbons (Fsp3) is 0.273. The third-order valence-electron chi connectivity index (χ3n) is 2.07. The topological polar surface area (TPSA) is 83.6 Å². The number of hydrogen-bond acceptors (Lipinski definition) is 6. The van der Waals surface area contributed by atoms with Crippen molar-refractivity contribution in [3.63, 3.8) is 0 Å². The van der Waals surface area contributed by atoms with Crippen LogP contribution in [0.25, 0.3) is 0 Å². The van der Waals surface area contributed by atoms with Gasteiger partial charge in [0.1, 0.15) is 5.82 Å².